The first kappa shape index (κ1) is 11.4. The largest absolute Gasteiger partial charge is 0.492 e. The summed E-state index contributed by atoms with van der Waals surface area (Å²) >= 11 is 0. The van der Waals surface area contributed by atoms with Crippen molar-refractivity contribution in [1.29, 1.82) is 0 Å². The Kier molecular flexibility index (Phi) is 2.52. The summed E-state index contributed by atoms with van der Waals surface area (Å²) in [6, 6.07) is 7.04. The summed E-state index contributed by atoms with van der Waals surface area (Å²) in [4.78, 5) is 23.0. The first-order valence-electron chi connectivity index (χ1n) is 5.66. The van der Waals surface area contributed by atoms with Gasteiger partial charge in [0.1, 0.15) is 11.4 Å². The van der Waals surface area contributed by atoms with Crippen LogP contribution in [0.2, 0.25) is 0 Å². The van der Waals surface area contributed by atoms with Crippen LogP contribution in [-0.4, -0.2) is 33.5 Å². The van der Waals surface area contributed by atoms with Gasteiger partial charge in [-0.25, -0.2) is 14.3 Å². The third-order valence-corrected chi connectivity index (χ3v) is 2.64. The average molecular weight is 259 g/mol. The minimum atomic E-state index is -0.778. The Hall–Kier alpha value is -2.70. The van der Waals surface area contributed by atoms with Crippen molar-refractivity contribution in [3.8, 4) is 11.4 Å². The molecule has 0 saturated carbocycles. The molecule has 0 aliphatic carbocycles. The smallest absolute Gasteiger partial charge is 0.369 e. The lowest BCUT2D eigenvalue weighted by Gasteiger charge is -2.09. The molecule has 1 aromatic heterocycles. The number of benzene rings is 1. The lowest BCUT2D eigenvalue weighted by molar-refractivity contribution is 0.0434. The minimum Gasteiger partial charge on any atom is -0.492 e. The van der Waals surface area contributed by atoms with Gasteiger partial charge in [0, 0.05) is 0 Å². The first-order valence-corrected chi connectivity index (χ1v) is 5.66. The molecule has 0 bridgehead atoms. The van der Waals surface area contributed by atoms with Crippen LogP contribution >= 0.6 is 0 Å². The molecule has 0 atom stereocenters. The predicted octanol–water partition coefficient (Wildman–Crippen LogP) is 0.977. The van der Waals surface area contributed by atoms with Crippen molar-refractivity contribution in [2.45, 2.75) is 6.92 Å². The van der Waals surface area contributed by atoms with Crippen LogP contribution in [0.15, 0.2) is 24.3 Å². The molecule has 7 heteroatoms. The van der Waals surface area contributed by atoms with Gasteiger partial charge in [0.2, 0.25) is 5.69 Å². The second kappa shape index (κ2) is 4.20. The number of nitrogens with zero attached hydrogens (tertiary/aromatic N) is 3. The van der Waals surface area contributed by atoms with Crippen LogP contribution in [0.1, 0.15) is 27.9 Å². The van der Waals surface area contributed by atoms with Crippen molar-refractivity contribution in [1.82, 2.24) is 15.0 Å². The van der Waals surface area contributed by atoms with Crippen molar-refractivity contribution in [3.63, 3.8) is 0 Å². The van der Waals surface area contributed by atoms with Gasteiger partial charge < -0.3 is 9.47 Å². The summed E-state index contributed by atoms with van der Waals surface area (Å²) in [6.45, 7) is 2.32. The highest BCUT2D eigenvalue weighted by molar-refractivity contribution is 6.12. The maximum absolute atomic E-state index is 11.6. The number of hydrogen-bond donors (Lipinski definition) is 0. The molecule has 0 radical (unpaired) electrons. The molecule has 3 rings (SSSR count). The van der Waals surface area contributed by atoms with Crippen molar-refractivity contribution >= 4 is 11.9 Å². The van der Waals surface area contributed by atoms with Crippen LogP contribution in [0.4, 0.5) is 0 Å². The molecule has 1 aliphatic heterocycles. The molecule has 0 spiro atoms. The number of carbonyl (C=O) groups is 2. The van der Waals surface area contributed by atoms with E-state index >= 15 is 0 Å². The Labute approximate surface area is 107 Å². The second-order valence-electron chi connectivity index (χ2n) is 3.78. The van der Waals surface area contributed by atoms with E-state index < -0.39 is 11.9 Å². The third-order valence-electron chi connectivity index (χ3n) is 2.64. The number of cyclic esters (lactones) is 2. The number of esters is 2. The molecule has 0 unspecified atom stereocenters. The van der Waals surface area contributed by atoms with Crippen molar-refractivity contribution in [3.05, 3.63) is 35.7 Å². The zero-order valence-corrected chi connectivity index (χ0v) is 9.99. The molecule has 0 amide bonds. The molecule has 2 heterocycles. The molecule has 0 saturated heterocycles. The van der Waals surface area contributed by atoms with Gasteiger partial charge >= 0.3 is 11.9 Å². The standard InChI is InChI=1S/C12H9N3O4/c1-2-18-8-6-4-3-5-7(8)15-10-9(13-14-15)11(16)19-12(10)17/h3-6H,2H2,1H3. The Morgan fingerprint density at radius 1 is 1.26 bits per heavy atom. The maximum atomic E-state index is 11.6. The maximum Gasteiger partial charge on any atom is 0.369 e. The zero-order valence-electron chi connectivity index (χ0n) is 9.99. The zero-order chi connectivity index (χ0) is 13.4. The fraction of sp³-hybridized carbons (Fsp3) is 0.167. The van der Waals surface area contributed by atoms with Gasteiger partial charge in [-0.3, -0.25) is 0 Å². The van der Waals surface area contributed by atoms with Crippen molar-refractivity contribution < 1.29 is 19.1 Å². The molecule has 1 aromatic carbocycles. The van der Waals surface area contributed by atoms with E-state index in [1.165, 1.54) is 4.68 Å². The SMILES string of the molecule is CCOc1ccccc1-n1nnc2c1C(=O)OC2=O. The van der Waals surface area contributed by atoms with E-state index in [-0.39, 0.29) is 11.4 Å². The fourth-order valence-electron chi connectivity index (χ4n) is 1.86. The second-order valence-corrected chi connectivity index (χ2v) is 3.78. The number of ether oxygens (including phenoxy) is 2. The normalized spacial score (nSPS) is 13.3. The van der Waals surface area contributed by atoms with E-state index in [1.807, 2.05) is 6.92 Å². The molecule has 1 aliphatic rings. The topological polar surface area (TPSA) is 83.3 Å². The van der Waals surface area contributed by atoms with E-state index in [1.54, 1.807) is 24.3 Å². The van der Waals surface area contributed by atoms with Gasteiger partial charge in [-0.1, -0.05) is 17.3 Å². The van der Waals surface area contributed by atoms with Gasteiger partial charge in [0.05, 0.1) is 6.61 Å². The van der Waals surface area contributed by atoms with Gasteiger partial charge in [-0.2, -0.15) is 0 Å². The Balaban J connectivity index is 2.17. The molecule has 0 fully saturated rings. The first-order chi connectivity index (χ1) is 9.22. The molecular formula is C12H9N3O4. The van der Waals surface area contributed by atoms with Crippen LogP contribution in [0.25, 0.3) is 5.69 Å². The summed E-state index contributed by atoms with van der Waals surface area (Å²) in [5.74, 6) is -0.985. The summed E-state index contributed by atoms with van der Waals surface area (Å²) in [7, 11) is 0. The number of carbonyl (C=O) groups excluding carboxylic acids is 2. The summed E-state index contributed by atoms with van der Waals surface area (Å²) in [5, 5.41) is 7.48. The van der Waals surface area contributed by atoms with E-state index in [0.717, 1.165) is 0 Å². The molecular weight excluding hydrogens is 250 g/mol. The van der Waals surface area contributed by atoms with Gasteiger partial charge in [0.15, 0.2) is 5.69 Å². The summed E-state index contributed by atoms with van der Waals surface area (Å²) in [6.07, 6.45) is 0. The number of rotatable bonds is 3. The Morgan fingerprint density at radius 2 is 2.05 bits per heavy atom. The number of aromatic nitrogens is 3. The number of para-hydroxylation sites is 2. The summed E-state index contributed by atoms with van der Waals surface area (Å²) in [5.41, 5.74) is 0.484. The van der Waals surface area contributed by atoms with Crippen molar-refractivity contribution in [2.24, 2.45) is 0 Å². The molecule has 96 valence electrons. The molecule has 2 aromatic rings. The fourth-order valence-corrected chi connectivity index (χ4v) is 1.86. The quantitative estimate of drug-likeness (QED) is 0.603. The van der Waals surface area contributed by atoms with Gasteiger partial charge in [0.25, 0.3) is 0 Å². The van der Waals surface area contributed by atoms with E-state index in [4.69, 9.17) is 4.74 Å². The molecule has 7 nitrogen and oxygen atoms in total. The van der Waals surface area contributed by atoms with E-state index in [0.29, 0.717) is 18.0 Å². The number of fused-ring (bicyclic) bond motifs is 1. The predicted molar refractivity (Wildman–Crippen MR) is 62.3 cm³/mol. The number of hydrogen-bond acceptors (Lipinski definition) is 6. The minimum absolute atomic E-state index is 0.0251. The van der Waals surface area contributed by atoms with Gasteiger partial charge in [-0.05, 0) is 19.1 Å². The highest BCUT2D eigenvalue weighted by Crippen LogP contribution is 2.26. The van der Waals surface area contributed by atoms with Crippen molar-refractivity contribution in [2.75, 3.05) is 6.61 Å². The lowest BCUT2D eigenvalue weighted by Crippen LogP contribution is -2.09. The van der Waals surface area contributed by atoms with Gasteiger partial charge in [-0.15, -0.1) is 5.10 Å². The van der Waals surface area contributed by atoms with Crippen LogP contribution < -0.4 is 4.74 Å². The van der Waals surface area contributed by atoms with Crippen LogP contribution in [-0.2, 0) is 4.74 Å². The lowest BCUT2D eigenvalue weighted by atomic mass is 10.2. The molecule has 19 heavy (non-hydrogen) atoms. The monoisotopic (exact) mass is 259 g/mol. The highest BCUT2D eigenvalue weighted by Gasteiger charge is 2.37. The van der Waals surface area contributed by atoms with Crippen LogP contribution in [0, 0.1) is 0 Å². The average Bonchev–Trinajstić information content (AvgIpc) is 2.94. The van der Waals surface area contributed by atoms with E-state index in [2.05, 4.69) is 15.0 Å². The summed E-state index contributed by atoms with van der Waals surface area (Å²) < 4.78 is 11.2. The third kappa shape index (κ3) is 1.67. The van der Waals surface area contributed by atoms with Crippen LogP contribution in [0.3, 0.4) is 0 Å². The highest BCUT2D eigenvalue weighted by atomic mass is 16.6. The molecule has 0 N–H and O–H groups in total. The Morgan fingerprint density at radius 3 is 2.84 bits per heavy atom. The Bertz CT molecular complexity index is 677. The van der Waals surface area contributed by atoms with E-state index in [9.17, 15) is 9.59 Å². The van der Waals surface area contributed by atoms with Crippen LogP contribution in [0.5, 0.6) is 5.75 Å².